The van der Waals surface area contributed by atoms with Crippen LogP contribution in [-0.2, 0) is 14.3 Å². The van der Waals surface area contributed by atoms with E-state index in [0.29, 0.717) is 11.1 Å². The molecular weight excluding hydrogens is 386 g/mol. The molecule has 0 saturated carbocycles. The zero-order valence-corrected chi connectivity index (χ0v) is 15.3. The Morgan fingerprint density at radius 3 is 2.24 bits per heavy atom. The molecule has 0 spiro atoms. The van der Waals surface area contributed by atoms with Crippen molar-refractivity contribution in [1.29, 1.82) is 0 Å². The van der Waals surface area contributed by atoms with Crippen LogP contribution in [0.3, 0.4) is 0 Å². The minimum absolute atomic E-state index is 0.0188. The lowest BCUT2D eigenvalue weighted by Crippen LogP contribution is -2.41. The molecule has 0 saturated heterocycles. The molecule has 2 rings (SSSR count). The first-order valence-corrected chi connectivity index (χ1v) is 8.40. The van der Waals surface area contributed by atoms with Crippen LogP contribution in [0.5, 0.6) is 5.75 Å². The van der Waals surface area contributed by atoms with E-state index in [1.807, 2.05) is 0 Å². The molecule has 1 atom stereocenters. The number of hydrogen-bond donors (Lipinski definition) is 2. The maximum atomic E-state index is 12.3. The number of imide groups is 1. The molecular formula is C20H18F2N2O5. The van der Waals surface area contributed by atoms with Crippen molar-refractivity contribution in [1.82, 2.24) is 10.6 Å². The molecule has 0 aliphatic rings. The molecule has 3 amide bonds. The Morgan fingerprint density at radius 2 is 1.66 bits per heavy atom. The van der Waals surface area contributed by atoms with Gasteiger partial charge in [0, 0.05) is 18.7 Å². The second-order valence-electron chi connectivity index (χ2n) is 5.58. The summed E-state index contributed by atoms with van der Waals surface area (Å²) in [5.74, 6) is -1.67. The average Bonchev–Trinajstić information content (AvgIpc) is 2.71. The van der Waals surface area contributed by atoms with Gasteiger partial charge in [-0.3, -0.25) is 10.1 Å². The first-order chi connectivity index (χ1) is 13.9. The van der Waals surface area contributed by atoms with Crippen LogP contribution in [-0.4, -0.2) is 31.6 Å². The Hall–Kier alpha value is -3.75. The van der Waals surface area contributed by atoms with E-state index in [9.17, 15) is 23.2 Å². The molecule has 2 N–H and O–H groups in total. The van der Waals surface area contributed by atoms with Crippen LogP contribution in [0.25, 0.3) is 6.08 Å². The quantitative estimate of drug-likeness (QED) is 0.547. The van der Waals surface area contributed by atoms with Crippen molar-refractivity contribution in [3.05, 3.63) is 71.8 Å². The Bertz CT molecular complexity index is 870. The monoisotopic (exact) mass is 404 g/mol. The van der Waals surface area contributed by atoms with Gasteiger partial charge in [-0.15, -0.1) is 0 Å². The van der Waals surface area contributed by atoms with E-state index in [0.717, 1.165) is 6.08 Å². The highest BCUT2D eigenvalue weighted by Gasteiger charge is 2.25. The van der Waals surface area contributed by atoms with E-state index in [-0.39, 0.29) is 5.75 Å². The molecule has 0 aliphatic carbocycles. The molecule has 0 fully saturated rings. The predicted molar refractivity (Wildman–Crippen MR) is 100.0 cm³/mol. The van der Waals surface area contributed by atoms with Crippen LogP contribution < -0.4 is 15.4 Å². The summed E-state index contributed by atoms with van der Waals surface area (Å²) in [6, 6.07) is 13.0. The molecule has 0 unspecified atom stereocenters. The van der Waals surface area contributed by atoms with Gasteiger partial charge in [0.1, 0.15) is 5.75 Å². The first kappa shape index (κ1) is 21.5. The molecule has 2 aromatic carbocycles. The fraction of sp³-hybridized carbons (Fsp3) is 0.150. The van der Waals surface area contributed by atoms with Gasteiger partial charge in [-0.05, 0) is 23.8 Å². The van der Waals surface area contributed by atoms with Gasteiger partial charge < -0.3 is 14.8 Å². The van der Waals surface area contributed by atoms with E-state index < -0.39 is 30.6 Å². The van der Waals surface area contributed by atoms with Crippen LogP contribution in [0.15, 0.2) is 60.7 Å². The smallest absolute Gasteiger partial charge is 0.387 e. The van der Waals surface area contributed by atoms with Crippen LogP contribution in [0.1, 0.15) is 17.2 Å². The molecule has 152 valence electrons. The lowest BCUT2D eigenvalue weighted by atomic mass is 10.1. The van der Waals surface area contributed by atoms with Crippen molar-refractivity contribution >= 4 is 24.0 Å². The van der Waals surface area contributed by atoms with Crippen molar-refractivity contribution in [3.8, 4) is 5.75 Å². The number of hydrogen-bond acceptors (Lipinski definition) is 5. The molecule has 0 radical (unpaired) electrons. The standard InChI is InChI=1S/C20H18F2N2O5/c1-23-20(27)24-18(26)17(14-5-3-2-4-6-14)29-16(25)12-9-13-7-10-15(11-8-13)28-19(21)22/h2-12,17,19H,1H3,(H2,23,24,26,27)/b12-9-/t17-/m0/s1. The molecule has 2 aromatic rings. The maximum absolute atomic E-state index is 12.3. The van der Waals surface area contributed by atoms with Gasteiger partial charge in [0.05, 0.1) is 0 Å². The summed E-state index contributed by atoms with van der Waals surface area (Å²) in [6.45, 7) is -2.93. The highest BCUT2D eigenvalue weighted by atomic mass is 19.3. The number of benzene rings is 2. The number of ether oxygens (including phenoxy) is 2. The van der Waals surface area contributed by atoms with Gasteiger partial charge in [-0.1, -0.05) is 42.5 Å². The zero-order valence-electron chi connectivity index (χ0n) is 15.3. The van der Waals surface area contributed by atoms with Crippen molar-refractivity contribution in [2.45, 2.75) is 12.7 Å². The van der Waals surface area contributed by atoms with Gasteiger partial charge in [-0.2, -0.15) is 8.78 Å². The fourth-order valence-corrected chi connectivity index (χ4v) is 2.22. The predicted octanol–water partition coefficient (Wildman–Crippen LogP) is 3.04. The van der Waals surface area contributed by atoms with Crippen LogP contribution in [0, 0.1) is 0 Å². The zero-order chi connectivity index (χ0) is 21.2. The fourth-order valence-electron chi connectivity index (χ4n) is 2.22. The van der Waals surface area contributed by atoms with Gasteiger partial charge in [0.25, 0.3) is 5.91 Å². The minimum atomic E-state index is -2.93. The lowest BCUT2D eigenvalue weighted by molar-refractivity contribution is -0.151. The third-order valence-electron chi connectivity index (χ3n) is 3.56. The van der Waals surface area contributed by atoms with E-state index in [4.69, 9.17) is 4.74 Å². The van der Waals surface area contributed by atoms with Crippen molar-refractivity contribution in [2.75, 3.05) is 7.05 Å². The van der Waals surface area contributed by atoms with Gasteiger partial charge in [0.2, 0.25) is 6.10 Å². The number of halogens is 2. The Labute approximate surface area is 165 Å². The molecule has 9 heteroatoms. The summed E-state index contributed by atoms with van der Waals surface area (Å²) in [4.78, 5) is 35.9. The van der Waals surface area contributed by atoms with Crippen LogP contribution in [0.2, 0.25) is 0 Å². The molecule has 0 bridgehead atoms. The summed E-state index contributed by atoms with van der Waals surface area (Å²) in [5.41, 5.74) is 0.902. The Balaban J connectivity index is 2.08. The van der Waals surface area contributed by atoms with Gasteiger partial charge in [-0.25, -0.2) is 9.59 Å². The molecule has 0 aromatic heterocycles. The normalized spacial score (nSPS) is 11.7. The van der Waals surface area contributed by atoms with E-state index in [1.165, 1.54) is 37.4 Å². The summed E-state index contributed by atoms with van der Waals surface area (Å²) < 4.78 is 33.7. The number of carbonyl (C=O) groups is 3. The van der Waals surface area contributed by atoms with Crippen molar-refractivity contribution in [2.24, 2.45) is 0 Å². The number of carbonyl (C=O) groups excluding carboxylic acids is 3. The maximum Gasteiger partial charge on any atom is 0.387 e. The summed E-state index contributed by atoms with van der Waals surface area (Å²) >= 11 is 0. The third kappa shape index (κ3) is 7.06. The largest absolute Gasteiger partial charge is 0.444 e. The minimum Gasteiger partial charge on any atom is -0.444 e. The Morgan fingerprint density at radius 1 is 1.00 bits per heavy atom. The summed E-state index contributed by atoms with van der Waals surface area (Å²) in [6.07, 6.45) is 1.12. The SMILES string of the molecule is CNC(=O)NC(=O)[C@@H](OC(=O)/C=C\c1ccc(OC(F)F)cc1)c1ccccc1. The van der Waals surface area contributed by atoms with Crippen molar-refractivity contribution < 1.29 is 32.6 Å². The highest BCUT2D eigenvalue weighted by Crippen LogP contribution is 2.19. The highest BCUT2D eigenvalue weighted by molar-refractivity contribution is 5.98. The van der Waals surface area contributed by atoms with Crippen LogP contribution >= 0.6 is 0 Å². The van der Waals surface area contributed by atoms with Gasteiger partial charge >= 0.3 is 18.6 Å². The van der Waals surface area contributed by atoms with Gasteiger partial charge in [0.15, 0.2) is 0 Å². The molecule has 0 heterocycles. The van der Waals surface area contributed by atoms with Crippen molar-refractivity contribution in [3.63, 3.8) is 0 Å². The van der Waals surface area contributed by atoms with E-state index >= 15 is 0 Å². The van der Waals surface area contributed by atoms with E-state index in [1.54, 1.807) is 30.3 Å². The molecule has 7 nitrogen and oxygen atoms in total. The molecule has 29 heavy (non-hydrogen) atoms. The third-order valence-corrected chi connectivity index (χ3v) is 3.56. The molecule has 0 aliphatic heterocycles. The number of rotatable bonds is 7. The van der Waals surface area contributed by atoms with E-state index in [2.05, 4.69) is 15.4 Å². The lowest BCUT2D eigenvalue weighted by Gasteiger charge is -2.16. The summed E-state index contributed by atoms with van der Waals surface area (Å²) in [5, 5.41) is 4.30. The first-order valence-electron chi connectivity index (χ1n) is 8.40. The number of urea groups is 1. The topological polar surface area (TPSA) is 93.7 Å². The second-order valence-corrected chi connectivity index (χ2v) is 5.58. The summed E-state index contributed by atoms with van der Waals surface area (Å²) in [7, 11) is 1.34. The average molecular weight is 404 g/mol. The number of alkyl halides is 2. The number of amides is 3. The second kappa shape index (κ2) is 10.5. The number of nitrogens with one attached hydrogen (secondary N) is 2. The number of esters is 1. The Kier molecular flexibility index (Phi) is 7.84. The van der Waals surface area contributed by atoms with Crippen LogP contribution in [0.4, 0.5) is 13.6 Å².